The minimum atomic E-state index is -3.73. The average Bonchev–Trinajstić information content (AvgIpc) is 3.06. The van der Waals surface area contributed by atoms with Crippen LogP contribution in [0, 0.1) is 5.92 Å². The second-order valence-corrected chi connectivity index (χ2v) is 8.79. The van der Waals surface area contributed by atoms with Crippen LogP contribution >= 0.6 is 22.7 Å². The first-order valence-corrected chi connectivity index (χ1v) is 9.38. The van der Waals surface area contributed by atoms with Gasteiger partial charge in [0.2, 0.25) is 0 Å². The number of hydrogen-bond donors (Lipinski definition) is 2. The first-order chi connectivity index (χ1) is 9.81. The number of rotatable bonds is 6. The van der Waals surface area contributed by atoms with Crippen molar-refractivity contribution in [3.63, 3.8) is 0 Å². The number of aromatic carboxylic acids is 1. The Hall–Kier alpha value is -1.22. The van der Waals surface area contributed by atoms with Crippen molar-refractivity contribution in [1.82, 2.24) is 4.72 Å². The number of sulfonamides is 1. The van der Waals surface area contributed by atoms with Crippen LogP contribution < -0.4 is 4.72 Å². The maximum absolute atomic E-state index is 12.4. The summed E-state index contributed by atoms with van der Waals surface area (Å²) in [7, 11) is -3.73. The van der Waals surface area contributed by atoms with Crippen molar-refractivity contribution in [1.29, 1.82) is 0 Å². The van der Waals surface area contributed by atoms with E-state index < -0.39 is 16.0 Å². The first-order valence-electron chi connectivity index (χ1n) is 6.20. The first kappa shape index (κ1) is 16.2. The maximum atomic E-state index is 12.4. The second-order valence-electron chi connectivity index (χ2n) is 4.78. The van der Waals surface area contributed by atoms with Crippen molar-refractivity contribution in [3.8, 4) is 0 Å². The van der Waals surface area contributed by atoms with Gasteiger partial charge in [-0.15, -0.1) is 22.7 Å². The van der Waals surface area contributed by atoms with E-state index in [2.05, 4.69) is 4.72 Å². The summed E-state index contributed by atoms with van der Waals surface area (Å²) in [6.45, 7) is 3.87. The lowest BCUT2D eigenvalue weighted by atomic mass is 10.0. The summed E-state index contributed by atoms with van der Waals surface area (Å²) in [5.74, 6) is -1.04. The van der Waals surface area contributed by atoms with E-state index in [1.807, 2.05) is 31.4 Å². The van der Waals surface area contributed by atoms with Crippen molar-refractivity contribution < 1.29 is 18.3 Å². The Labute approximate surface area is 131 Å². The van der Waals surface area contributed by atoms with Gasteiger partial charge in [-0.25, -0.2) is 17.9 Å². The molecular weight excluding hydrogens is 330 g/mol. The minimum Gasteiger partial charge on any atom is -0.477 e. The molecule has 0 spiro atoms. The lowest BCUT2D eigenvalue weighted by molar-refractivity contribution is 0.0702. The Morgan fingerprint density at radius 1 is 1.29 bits per heavy atom. The quantitative estimate of drug-likeness (QED) is 0.842. The van der Waals surface area contributed by atoms with E-state index in [1.165, 1.54) is 23.5 Å². The zero-order chi connectivity index (χ0) is 15.6. The zero-order valence-electron chi connectivity index (χ0n) is 11.4. The van der Waals surface area contributed by atoms with Crippen LogP contribution in [0.1, 0.15) is 34.4 Å². The molecule has 0 saturated carbocycles. The van der Waals surface area contributed by atoms with Crippen LogP contribution in [0.3, 0.4) is 0 Å². The molecule has 0 radical (unpaired) electrons. The molecule has 2 N–H and O–H groups in total. The molecule has 21 heavy (non-hydrogen) atoms. The van der Waals surface area contributed by atoms with Gasteiger partial charge in [0, 0.05) is 4.88 Å². The van der Waals surface area contributed by atoms with E-state index in [0.29, 0.717) is 0 Å². The summed E-state index contributed by atoms with van der Waals surface area (Å²) >= 11 is 2.24. The Kier molecular flexibility index (Phi) is 4.82. The fourth-order valence-corrected chi connectivity index (χ4v) is 5.34. The third-order valence-electron chi connectivity index (χ3n) is 2.86. The summed E-state index contributed by atoms with van der Waals surface area (Å²) in [5, 5.41) is 10.8. The summed E-state index contributed by atoms with van der Waals surface area (Å²) in [4.78, 5) is 11.8. The van der Waals surface area contributed by atoms with Crippen LogP contribution in [-0.2, 0) is 10.0 Å². The molecule has 2 aromatic rings. The van der Waals surface area contributed by atoms with Gasteiger partial charge < -0.3 is 5.11 Å². The van der Waals surface area contributed by atoms with Crippen LogP contribution in [0.15, 0.2) is 33.9 Å². The van der Waals surface area contributed by atoms with Gasteiger partial charge in [0.15, 0.2) is 0 Å². The Balaban J connectivity index is 2.28. The van der Waals surface area contributed by atoms with E-state index in [0.717, 1.165) is 16.2 Å². The SMILES string of the molecule is CC(C)C(NS(=O)(=O)c1ccc(C(=O)O)s1)c1cccs1. The summed E-state index contributed by atoms with van der Waals surface area (Å²) in [6, 6.07) is 6.05. The van der Waals surface area contributed by atoms with E-state index in [4.69, 9.17) is 5.11 Å². The summed E-state index contributed by atoms with van der Waals surface area (Å²) < 4.78 is 27.5. The number of hydrogen-bond acceptors (Lipinski definition) is 5. The number of carboxylic acids is 1. The highest BCUT2D eigenvalue weighted by atomic mass is 32.2. The molecule has 0 aliphatic heterocycles. The Morgan fingerprint density at radius 2 is 2.00 bits per heavy atom. The molecule has 0 aliphatic carbocycles. The summed E-state index contributed by atoms with van der Waals surface area (Å²) in [5.41, 5.74) is 0. The van der Waals surface area contributed by atoms with Crippen LogP contribution in [0.5, 0.6) is 0 Å². The van der Waals surface area contributed by atoms with Gasteiger partial charge in [-0.1, -0.05) is 19.9 Å². The lowest BCUT2D eigenvalue weighted by Crippen LogP contribution is -2.30. The molecule has 8 heteroatoms. The number of carbonyl (C=O) groups is 1. The Morgan fingerprint density at radius 3 is 2.48 bits per heavy atom. The van der Waals surface area contributed by atoms with Gasteiger partial charge in [0.25, 0.3) is 10.0 Å². The maximum Gasteiger partial charge on any atom is 0.345 e. The van der Waals surface area contributed by atoms with Crippen LogP contribution in [0.25, 0.3) is 0 Å². The molecule has 0 aromatic carbocycles. The molecule has 2 aromatic heterocycles. The molecule has 5 nitrogen and oxygen atoms in total. The Bertz CT molecular complexity index is 716. The van der Waals surface area contributed by atoms with Crippen molar-refractivity contribution >= 4 is 38.7 Å². The van der Waals surface area contributed by atoms with Crippen molar-refractivity contribution in [2.45, 2.75) is 24.1 Å². The van der Waals surface area contributed by atoms with E-state index in [9.17, 15) is 13.2 Å². The van der Waals surface area contributed by atoms with Gasteiger partial charge in [-0.2, -0.15) is 0 Å². The van der Waals surface area contributed by atoms with E-state index in [1.54, 1.807) is 0 Å². The molecule has 0 saturated heterocycles. The molecule has 2 rings (SSSR count). The molecule has 114 valence electrons. The normalized spacial score (nSPS) is 13.5. The second kappa shape index (κ2) is 6.27. The van der Waals surface area contributed by atoms with Gasteiger partial charge in [0.1, 0.15) is 9.09 Å². The number of nitrogens with one attached hydrogen (secondary N) is 1. The third-order valence-corrected chi connectivity index (χ3v) is 6.82. The van der Waals surface area contributed by atoms with Gasteiger partial charge in [-0.3, -0.25) is 0 Å². The van der Waals surface area contributed by atoms with Crippen LogP contribution in [0.4, 0.5) is 0 Å². The minimum absolute atomic E-state index is 0.00703. The van der Waals surface area contributed by atoms with Gasteiger partial charge in [0.05, 0.1) is 6.04 Å². The highest BCUT2D eigenvalue weighted by molar-refractivity contribution is 7.91. The van der Waals surface area contributed by atoms with Crippen molar-refractivity contribution in [2.75, 3.05) is 0 Å². The predicted molar refractivity (Wildman–Crippen MR) is 83.5 cm³/mol. The van der Waals surface area contributed by atoms with Crippen molar-refractivity contribution in [2.24, 2.45) is 5.92 Å². The molecule has 0 amide bonds. The van der Waals surface area contributed by atoms with Crippen LogP contribution in [-0.4, -0.2) is 19.5 Å². The summed E-state index contributed by atoms with van der Waals surface area (Å²) in [6.07, 6.45) is 0. The third kappa shape index (κ3) is 3.70. The number of carboxylic acid groups (broad SMARTS) is 1. The topological polar surface area (TPSA) is 83.5 Å². The van der Waals surface area contributed by atoms with Crippen LogP contribution in [0.2, 0.25) is 0 Å². The van der Waals surface area contributed by atoms with Gasteiger partial charge >= 0.3 is 5.97 Å². The molecular formula is C13H15NO4S3. The monoisotopic (exact) mass is 345 g/mol. The fraction of sp³-hybridized carbons (Fsp3) is 0.308. The molecule has 0 aliphatic rings. The standard InChI is InChI=1S/C13H15NO4S3/c1-8(2)12(9-4-3-7-19-9)14-21(17,18)11-6-5-10(20-11)13(15)16/h3-8,12,14H,1-2H3,(H,15,16). The van der Waals surface area contributed by atoms with Crippen molar-refractivity contribution in [3.05, 3.63) is 39.4 Å². The number of thiophene rings is 2. The fourth-order valence-electron chi connectivity index (χ4n) is 1.80. The molecule has 0 bridgehead atoms. The molecule has 2 heterocycles. The molecule has 1 unspecified atom stereocenters. The largest absolute Gasteiger partial charge is 0.477 e. The molecule has 0 fully saturated rings. The highest BCUT2D eigenvalue weighted by Gasteiger charge is 2.26. The van der Waals surface area contributed by atoms with Gasteiger partial charge in [-0.05, 0) is 29.5 Å². The smallest absolute Gasteiger partial charge is 0.345 e. The zero-order valence-corrected chi connectivity index (χ0v) is 13.9. The lowest BCUT2D eigenvalue weighted by Gasteiger charge is -2.20. The highest BCUT2D eigenvalue weighted by Crippen LogP contribution is 2.29. The molecule has 1 atom stereocenters. The van der Waals surface area contributed by atoms with E-state index in [-0.39, 0.29) is 21.0 Å². The predicted octanol–water partition coefficient (Wildman–Crippen LogP) is 3.18. The average molecular weight is 345 g/mol. The van der Waals surface area contributed by atoms with E-state index >= 15 is 0 Å².